The second kappa shape index (κ2) is 16.9. The number of ether oxygens (including phenoxy) is 1. The molecule has 39 heavy (non-hydrogen) atoms. The van der Waals surface area contributed by atoms with Gasteiger partial charge < -0.3 is 30.7 Å². The van der Waals surface area contributed by atoms with Gasteiger partial charge in [-0.05, 0) is 68.0 Å². The molecule has 1 aliphatic heterocycles. The summed E-state index contributed by atoms with van der Waals surface area (Å²) in [5.74, 6) is 0.0330. The predicted octanol–water partition coefficient (Wildman–Crippen LogP) is 2.70. The average molecular weight is 564 g/mol. The summed E-state index contributed by atoms with van der Waals surface area (Å²) in [6.07, 6.45) is 6.01. The third-order valence-corrected chi connectivity index (χ3v) is 9.04. The molecule has 0 aromatic heterocycles. The van der Waals surface area contributed by atoms with Gasteiger partial charge in [-0.3, -0.25) is 0 Å². The van der Waals surface area contributed by atoms with Gasteiger partial charge in [0.15, 0.2) is 0 Å². The maximum atomic E-state index is 13.1. The molecule has 0 radical (unpaired) electrons. The molecule has 0 aliphatic carbocycles. The summed E-state index contributed by atoms with van der Waals surface area (Å²) in [6.45, 7) is 4.79. The summed E-state index contributed by atoms with van der Waals surface area (Å²) in [5.41, 5.74) is 1.97. The maximum Gasteiger partial charge on any atom is 0.243 e. The molecule has 3 rings (SSSR count). The van der Waals surface area contributed by atoms with Crippen LogP contribution >= 0.6 is 0 Å². The Morgan fingerprint density at radius 1 is 0.949 bits per heavy atom. The fourth-order valence-corrected chi connectivity index (χ4v) is 6.40. The summed E-state index contributed by atoms with van der Waals surface area (Å²) in [7, 11) is -3.45. The number of aliphatic hydroxyl groups is 2. The van der Waals surface area contributed by atoms with E-state index in [0.29, 0.717) is 55.4 Å². The Labute approximate surface area is 233 Å². The first-order chi connectivity index (χ1) is 18.9. The molecular weight excluding hydrogens is 518 g/mol. The van der Waals surface area contributed by atoms with Gasteiger partial charge in [0.25, 0.3) is 0 Å². The van der Waals surface area contributed by atoms with Crippen molar-refractivity contribution in [1.82, 2.24) is 14.9 Å². The fraction of sp³-hybridized carbons (Fsp3) is 0.586. The number of nitrogens with one attached hydrogen (secondary N) is 2. The number of hydrogen-bond donors (Lipinski definition) is 5. The minimum atomic E-state index is -3.45. The summed E-state index contributed by atoms with van der Waals surface area (Å²) in [4.78, 5) is 0.438. The topological polar surface area (TPSA) is 131 Å². The van der Waals surface area contributed by atoms with E-state index in [9.17, 15) is 23.7 Å². The Bertz CT molecular complexity index is 1090. The zero-order valence-electron chi connectivity index (χ0n) is 22.9. The molecule has 0 spiro atoms. The molecule has 0 amide bonds. The van der Waals surface area contributed by atoms with Gasteiger partial charge in [0.1, 0.15) is 5.75 Å². The van der Waals surface area contributed by atoms with Gasteiger partial charge in [-0.15, -0.1) is 0 Å². The first-order valence-electron chi connectivity index (χ1n) is 14.1. The molecule has 2 aromatic carbocycles. The van der Waals surface area contributed by atoms with Gasteiger partial charge >= 0.3 is 0 Å². The molecule has 0 saturated carbocycles. The molecule has 1 fully saturated rings. The van der Waals surface area contributed by atoms with Crippen LogP contribution in [0.5, 0.6) is 5.75 Å². The number of piperazine rings is 1. The molecule has 1 unspecified atom stereocenters. The fourth-order valence-electron chi connectivity index (χ4n) is 4.71. The second-order valence-corrected chi connectivity index (χ2v) is 11.9. The SMILES string of the molecule is O=S(=O)(c1ccccc1CCCCOCCCCCCNCC(O)c1ccc(O)c(CO)c1)N1CCNCC1. The van der Waals surface area contributed by atoms with E-state index in [1.807, 2.05) is 12.1 Å². The number of nitrogens with zero attached hydrogens (tertiary/aromatic N) is 1. The van der Waals surface area contributed by atoms with Gasteiger partial charge in [-0.25, -0.2) is 8.42 Å². The number of aromatic hydroxyl groups is 1. The van der Waals surface area contributed by atoms with Crippen LogP contribution in [0.3, 0.4) is 0 Å². The molecule has 1 heterocycles. The molecule has 10 heteroatoms. The van der Waals surface area contributed by atoms with Crippen LogP contribution in [0.15, 0.2) is 47.4 Å². The van der Waals surface area contributed by atoms with Crippen molar-refractivity contribution in [1.29, 1.82) is 0 Å². The van der Waals surface area contributed by atoms with E-state index in [1.54, 1.807) is 28.6 Å². The van der Waals surface area contributed by atoms with Crippen LogP contribution in [0.2, 0.25) is 0 Å². The molecule has 1 atom stereocenters. The number of aryl methyl sites for hydroxylation is 1. The van der Waals surface area contributed by atoms with Crippen molar-refractivity contribution in [2.75, 3.05) is 52.5 Å². The van der Waals surface area contributed by atoms with E-state index >= 15 is 0 Å². The van der Waals surface area contributed by atoms with Crippen LogP contribution in [0.4, 0.5) is 0 Å². The minimum Gasteiger partial charge on any atom is -0.508 e. The van der Waals surface area contributed by atoms with Crippen molar-refractivity contribution in [2.45, 2.75) is 62.6 Å². The highest BCUT2D eigenvalue weighted by Gasteiger charge is 2.27. The number of hydrogen-bond acceptors (Lipinski definition) is 8. The van der Waals surface area contributed by atoms with Crippen LogP contribution < -0.4 is 10.6 Å². The highest BCUT2D eigenvalue weighted by molar-refractivity contribution is 7.89. The lowest BCUT2D eigenvalue weighted by Gasteiger charge is -2.27. The lowest BCUT2D eigenvalue weighted by atomic mass is 10.1. The summed E-state index contributed by atoms with van der Waals surface area (Å²) >= 11 is 0. The zero-order valence-corrected chi connectivity index (χ0v) is 23.7. The first kappa shape index (κ1) is 31.5. The van der Waals surface area contributed by atoms with E-state index in [0.717, 1.165) is 63.7 Å². The Balaban J connectivity index is 1.20. The van der Waals surface area contributed by atoms with E-state index in [4.69, 9.17) is 4.74 Å². The van der Waals surface area contributed by atoms with E-state index in [2.05, 4.69) is 10.6 Å². The number of sulfonamides is 1. The number of rotatable bonds is 18. The quantitative estimate of drug-likeness (QED) is 0.175. The predicted molar refractivity (Wildman–Crippen MR) is 152 cm³/mol. The van der Waals surface area contributed by atoms with E-state index in [-0.39, 0.29) is 12.4 Å². The van der Waals surface area contributed by atoms with Crippen LogP contribution in [0.25, 0.3) is 0 Å². The largest absolute Gasteiger partial charge is 0.508 e. The Kier molecular flexibility index (Phi) is 13.7. The smallest absolute Gasteiger partial charge is 0.243 e. The van der Waals surface area contributed by atoms with Crippen molar-refractivity contribution in [2.24, 2.45) is 0 Å². The summed E-state index contributed by atoms with van der Waals surface area (Å²) in [5, 5.41) is 35.6. The van der Waals surface area contributed by atoms with Gasteiger partial charge in [0.05, 0.1) is 17.6 Å². The first-order valence-corrected chi connectivity index (χ1v) is 15.6. The third kappa shape index (κ3) is 10.1. The average Bonchev–Trinajstić information content (AvgIpc) is 2.96. The van der Waals surface area contributed by atoms with E-state index in [1.165, 1.54) is 6.07 Å². The van der Waals surface area contributed by atoms with Crippen LogP contribution in [0.1, 0.15) is 61.3 Å². The van der Waals surface area contributed by atoms with Crippen molar-refractivity contribution in [3.63, 3.8) is 0 Å². The molecule has 2 aromatic rings. The van der Waals surface area contributed by atoms with Gasteiger partial charge in [0.2, 0.25) is 10.0 Å². The molecular formula is C29H45N3O6S. The normalized spacial score (nSPS) is 15.4. The Hall–Kier alpha value is -2.05. The molecule has 1 aliphatic rings. The van der Waals surface area contributed by atoms with Gasteiger partial charge in [-0.2, -0.15) is 4.31 Å². The molecule has 5 N–H and O–H groups in total. The number of aliphatic hydroxyl groups excluding tert-OH is 2. The van der Waals surface area contributed by atoms with Gasteiger partial charge in [-0.1, -0.05) is 37.1 Å². The highest BCUT2D eigenvalue weighted by Crippen LogP contribution is 2.23. The molecule has 218 valence electrons. The monoisotopic (exact) mass is 563 g/mol. The van der Waals surface area contributed by atoms with Gasteiger partial charge in [0, 0.05) is 51.5 Å². The standard InChI is InChI=1S/C29H45N3O6S/c33-23-26-21-25(12-13-27(26)34)28(35)22-31-14-6-1-2-7-19-38-20-8-5-10-24-9-3-4-11-29(24)39(36,37)32-17-15-30-16-18-32/h3-4,9,11-13,21,28,30-31,33-35H,1-2,5-8,10,14-20,22-23H2. The lowest BCUT2D eigenvalue weighted by molar-refractivity contribution is 0.126. The highest BCUT2D eigenvalue weighted by atomic mass is 32.2. The van der Waals surface area contributed by atoms with Crippen molar-refractivity contribution < 1.29 is 28.5 Å². The van der Waals surface area contributed by atoms with Crippen LogP contribution in [-0.4, -0.2) is 80.5 Å². The second-order valence-electron chi connectivity index (χ2n) is 10.0. The minimum absolute atomic E-state index is 0.0330. The van der Waals surface area contributed by atoms with E-state index < -0.39 is 16.1 Å². The number of phenols is 1. The van der Waals surface area contributed by atoms with Crippen molar-refractivity contribution in [3.05, 3.63) is 59.2 Å². The Morgan fingerprint density at radius 3 is 2.44 bits per heavy atom. The Morgan fingerprint density at radius 2 is 1.67 bits per heavy atom. The van der Waals surface area contributed by atoms with Crippen molar-refractivity contribution >= 4 is 10.0 Å². The van der Waals surface area contributed by atoms with Crippen molar-refractivity contribution in [3.8, 4) is 5.75 Å². The zero-order chi connectivity index (χ0) is 27.9. The number of unbranched alkanes of at least 4 members (excludes halogenated alkanes) is 4. The number of benzene rings is 2. The maximum absolute atomic E-state index is 13.1. The molecule has 9 nitrogen and oxygen atoms in total. The summed E-state index contributed by atoms with van der Waals surface area (Å²) in [6, 6.07) is 12.1. The van der Waals surface area contributed by atoms with Crippen LogP contribution in [-0.2, 0) is 27.8 Å². The molecule has 1 saturated heterocycles. The third-order valence-electron chi connectivity index (χ3n) is 7.04. The van der Waals surface area contributed by atoms with Crippen LogP contribution in [0, 0.1) is 0 Å². The lowest BCUT2D eigenvalue weighted by Crippen LogP contribution is -2.46. The summed E-state index contributed by atoms with van der Waals surface area (Å²) < 4.78 is 33.5. The molecule has 0 bridgehead atoms.